The predicted octanol–water partition coefficient (Wildman–Crippen LogP) is 2.82. The van der Waals surface area contributed by atoms with Crippen LogP contribution in [0.5, 0.6) is 11.5 Å². The van der Waals surface area contributed by atoms with E-state index < -0.39 is 0 Å². The molecule has 8 nitrogen and oxygen atoms in total. The van der Waals surface area contributed by atoms with E-state index in [4.69, 9.17) is 14.5 Å². The zero-order chi connectivity index (χ0) is 22.1. The van der Waals surface area contributed by atoms with Gasteiger partial charge >= 0.3 is 0 Å². The maximum Gasteiger partial charge on any atom is 0.196 e. The third kappa shape index (κ3) is 6.24. The molecule has 0 amide bonds. The van der Waals surface area contributed by atoms with Crippen LogP contribution in [-0.2, 0) is 6.54 Å². The van der Waals surface area contributed by atoms with Crippen molar-refractivity contribution in [3.05, 3.63) is 42.1 Å². The van der Waals surface area contributed by atoms with Gasteiger partial charge in [0.15, 0.2) is 17.5 Å². The molecule has 31 heavy (non-hydrogen) atoms. The molecule has 0 bridgehead atoms. The van der Waals surface area contributed by atoms with Gasteiger partial charge in [-0.1, -0.05) is 13.0 Å². The molecular weight excluding hydrogens is 392 g/mol. The summed E-state index contributed by atoms with van der Waals surface area (Å²) in [7, 11) is 3.25. The van der Waals surface area contributed by atoms with Gasteiger partial charge in [0.25, 0.3) is 0 Å². The Balaban J connectivity index is 1.62. The van der Waals surface area contributed by atoms with Crippen LogP contribution >= 0.6 is 0 Å². The molecule has 0 spiro atoms. The number of hydrogen-bond acceptors (Lipinski definition) is 6. The highest BCUT2D eigenvalue weighted by molar-refractivity contribution is 5.93. The van der Waals surface area contributed by atoms with E-state index in [-0.39, 0.29) is 0 Å². The van der Waals surface area contributed by atoms with Gasteiger partial charge < -0.3 is 29.9 Å². The van der Waals surface area contributed by atoms with E-state index in [2.05, 4.69) is 44.5 Å². The first kappa shape index (κ1) is 22.7. The molecule has 1 aliphatic heterocycles. The minimum Gasteiger partial charge on any atom is -0.493 e. The molecule has 1 aliphatic rings. The number of hydrogen-bond donors (Lipinski definition) is 2. The van der Waals surface area contributed by atoms with Crippen molar-refractivity contribution in [3.63, 3.8) is 0 Å². The number of methoxy groups -OCH3 is 2. The van der Waals surface area contributed by atoms with Gasteiger partial charge in [-0.3, -0.25) is 0 Å². The third-order valence-electron chi connectivity index (χ3n) is 5.36. The second kappa shape index (κ2) is 11.4. The van der Waals surface area contributed by atoms with E-state index in [1.54, 1.807) is 14.2 Å². The predicted molar refractivity (Wildman–Crippen MR) is 127 cm³/mol. The first-order valence-electron chi connectivity index (χ1n) is 10.9. The molecule has 8 heteroatoms. The number of nitrogens with one attached hydrogen (secondary N) is 2. The number of pyridine rings is 1. The zero-order valence-corrected chi connectivity index (χ0v) is 19.0. The fourth-order valence-corrected chi connectivity index (χ4v) is 3.52. The lowest BCUT2D eigenvalue weighted by molar-refractivity contribution is 0.270. The van der Waals surface area contributed by atoms with Gasteiger partial charge in [-0.05, 0) is 37.2 Å². The molecular formula is C23H34N6O2. The van der Waals surface area contributed by atoms with Crippen LogP contribution in [0.1, 0.15) is 19.4 Å². The van der Waals surface area contributed by atoms with Crippen molar-refractivity contribution < 1.29 is 9.47 Å². The largest absolute Gasteiger partial charge is 0.493 e. The average molecular weight is 427 g/mol. The summed E-state index contributed by atoms with van der Waals surface area (Å²) in [4.78, 5) is 14.2. The smallest absolute Gasteiger partial charge is 0.196 e. The highest BCUT2D eigenvalue weighted by Crippen LogP contribution is 2.29. The van der Waals surface area contributed by atoms with Gasteiger partial charge in [0.05, 0.1) is 20.8 Å². The number of nitrogens with zero attached hydrogens (tertiary/aromatic N) is 4. The zero-order valence-electron chi connectivity index (χ0n) is 19.0. The maximum absolute atomic E-state index is 5.38. The Morgan fingerprint density at radius 1 is 1.03 bits per heavy atom. The van der Waals surface area contributed by atoms with Crippen LogP contribution in [-0.4, -0.2) is 69.3 Å². The van der Waals surface area contributed by atoms with Gasteiger partial charge in [0.2, 0.25) is 0 Å². The van der Waals surface area contributed by atoms with E-state index >= 15 is 0 Å². The Morgan fingerprint density at radius 3 is 2.42 bits per heavy atom. The molecule has 0 radical (unpaired) electrons. The van der Waals surface area contributed by atoms with Crippen molar-refractivity contribution in [2.45, 2.75) is 20.4 Å². The summed E-state index contributed by atoms with van der Waals surface area (Å²) in [5.74, 6) is 3.11. The Bertz CT molecular complexity index is 848. The van der Waals surface area contributed by atoms with Gasteiger partial charge in [-0.25, -0.2) is 9.98 Å². The summed E-state index contributed by atoms with van der Waals surface area (Å²) in [5, 5.41) is 6.59. The van der Waals surface area contributed by atoms with Crippen LogP contribution < -0.4 is 25.0 Å². The molecule has 3 rings (SSSR count). The minimum absolute atomic E-state index is 0.541. The molecule has 0 aliphatic carbocycles. The Kier molecular flexibility index (Phi) is 8.35. The molecule has 0 saturated carbocycles. The quantitative estimate of drug-likeness (QED) is 0.497. The van der Waals surface area contributed by atoms with E-state index in [9.17, 15) is 0 Å². The Morgan fingerprint density at radius 2 is 1.81 bits per heavy atom. The fraction of sp³-hybridized carbons (Fsp3) is 0.478. The number of piperazine rings is 1. The topological polar surface area (TPSA) is 74.3 Å². The highest BCUT2D eigenvalue weighted by Gasteiger charge is 2.16. The Labute approximate surface area is 185 Å². The number of ether oxygens (including phenoxy) is 2. The van der Waals surface area contributed by atoms with E-state index in [1.807, 2.05) is 31.3 Å². The lowest BCUT2D eigenvalue weighted by Gasteiger charge is -2.34. The lowest BCUT2D eigenvalue weighted by Crippen LogP contribution is -2.46. The first-order chi connectivity index (χ1) is 15.2. The number of aromatic nitrogens is 1. The molecule has 2 aromatic rings. The maximum atomic E-state index is 5.38. The summed E-state index contributed by atoms with van der Waals surface area (Å²) in [5.41, 5.74) is 1.94. The van der Waals surface area contributed by atoms with Crippen LogP contribution in [0, 0.1) is 0 Å². The van der Waals surface area contributed by atoms with Crippen LogP contribution in [0.2, 0.25) is 0 Å². The molecule has 1 saturated heterocycles. The van der Waals surface area contributed by atoms with Crippen molar-refractivity contribution in [3.8, 4) is 11.5 Å². The number of likely N-dealkylation sites (N-methyl/N-ethyl adjacent to an activating group) is 1. The van der Waals surface area contributed by atoms with Crippen LogP contribution in [0.15, 0.2) is 41.5 Å². The number of guanidine groups is 1. The molecule has 1 aromatic carbocycles. The number of benzene rings is 1. The lowest BCUT2D eigenvalue weighted by atomic mass is 10.2. The van der Waals surface area contributed by atoms with Crippen molar-refractivity contribution in [2.24, 2.45) is 4.99 Å². The average Bonchev–Trinajstić information content (AvgIpc) is 2.83. The van der Waals surface area contributed by atoms with Crippen molar-refractivity contribution in [1.29, 1.82) is 0 Å². The van der Waals surface area contributed by atoms with Crippen LogP contribution in [0.25, 0.3) is 0 Å². The number of rotatable bonds is 8. The SMILES string of the molecule is CCNC(=NCc1ccc(N2CCN(CC)CC2)nc1)Nc1ccc(OC)c(OC)c1. The van der Waals surface area contributed by atoms with Gasteiger partial charge in [0, 0.05) is 50.7 Å². The van der Waals surface area contributed by atoms with Gasteiger partial charge in [-0.2, -0.15) is 0 Å². The molecule has 0 atom stereocenters. The van der Waals surface area contributed by atoms with Gasteiger partial charge in [0.1, 0.15) is 5.82 Å². The number of anilines is 2. The second-order valence-corrected chi connectivity index (χ2v) is 7.34. The van der Waals surface area contributed by atoms with E-state index in [0.717, 1.165) is 56.3 Å². The highest BCUT2D eigenvalue weighted by atomic mass is 16.5. The van der Waals surface area contributed by atoms with E-state index in [0.29, 0.717) is 24.0 Å². The summed E-state index contributed by atoms with van der Waals surface area (Å²) in [6.45, 7) is 10.9. The molecule has 1 fully saturated rings. The molecule has 2 N–H and O–H groups in total. The minimum atomic E-state index is 0.541. The molecule has 0 unspecified atom stereocenters. The number of aliphatic imine (C=N–C) groups is 1. The first-order valence-corrected chi connectivity index (χ1v) is 10.9. The van der Waals surface area contributed by atoms with Crippen molar-refractivity contribution >= 4 is 17.5 Å². The van der Waals surface area contributed by atoms with Crippen molar-refractivity contribution in [2.75, 3.05) is 63.7 Å². The normalized spacial score (nSPS) is 15.0. The Hall–Kier alpha value is -3.00. The summed E-state index contributed by atoms with van der Waals surface area (Å²) in [6, 6.07) is 9.90. The summed E-state index contributed by atoms with van der Waals surface area (Å²) in [6.07, 6.45) is 1.92. The second-order valence-electron chi connectivity index (χ2n) is 7.34. The van der Waals surface area contributed by atoms with E-state index in [1.165, 1.54) is 0 Å². The van der Waals surface area contributed by atoms with Crippen LogP contribution in [0.3, 0.4) is 0 Å². The third-order valence-corrected chi connectivity index (χ3v) is 5.36. The molecule has 168 valence electrons. The van der Waals surface area contributed by atoms with Gasteiger partial charge in [-0.15, -0.1) is 0 Å². The standard InChI is InChI=1S/C23H34N6O2/c1-5-24-23(27-19-8-9-20(30-3)21(15-19)31-4)26-17-18-7-10-22(25-16-18)29-13-11-28(6-2)12-14-29/h7-10,15-16H,5-6,11-14,17H2,1-4H3,(H2,24,26,27). The van der Waals surface area contributed by atoms with Crippen molar-refractivity contribution in [1.82, 2.24) is 15.2 Å². The fourth-order valence-electron chi connectivity index (χ4n) is 3.52. The van der Waals surface area contributed by atoms with Crippen LogP contribution in [0.4, 0.5) is 11.5 Å². The monoisotopic (exact) mass is 426 g/mol. The molecule has 1 aromatic heterocycles. The molecule has 2 heterocycles. The summed E-state index contributed by atoms with van der Waals surface area (Å²) < 4.78 is 10.7. The summed E-state index contributed by atoms with van der Waals surface area (Å²) >= 11 is 0.